The van der Waals surface area contributed by atoms with Crippen LogP contribution in [0.4, 0.5) is 10.1 Å². The third-order valence-corrected chi connectivity index (χ3v) is 5.94. The molecule has 0 radical (unpaired) electrons. The van der Waals surface area contributed by atoms with Crippen LogP contribution in [-0.2, 0) is 17.8 Å². The Morgan fingerprint density at radius 3 is 2.64 bits per heavy atom. The van der Waals surface area contributed by atoms with E-state index in [-0.39, 0.29) is 17.6 Å². The number of rotatable bonds is 6. The number of ether oxygens (including phenoxy) is 1. The second kappa shape index (κ2) is 10.0. The Bertz CT molecular complexity index is 1170. The summed E-state index contributed by atoms with van der Waals surface area (Å²) in [6.45, 7) is 2.73. The van der Waals surface area contributed by atoms with Crippen molar-refractivity contribution in [3.63, 3.8) is 0 Å². The molecule has 3 aromatic carbocycles. The van der Waals surface area contributed by atoms with E-state index in [0.29, 0.717) is 48.0 Å². The molecule has 4 rings (SSSR count). The SMILES string of the molecule is CC[C@@H]1Oc2ccc(NC(=O)c3ccccc3Cl)cc2CN(CCc2ccc(F)cc2)C1=O. The van der Waals surface area contributed by atoms with Crippen LogP contribution in [0.3, 0.4) is 0 Å². The summed E-state index contributed by atoms with van der Waals surface area (Å²) in [7, 11) is 0. The maximum absolute atomic E-state index is 13.2. The molecule has 0 unspecified atom stereocenters. The van der Waals surface area contributed by atoms with Gasteiger partial charge in [0.05, 0.1) is 10.6 Å². The van der Waals surface area contributed by atoms with Gasteiger partial charge in [0, 0.05) is 24.3 Å². The molecule has 0 aliphatic carbocycles. The fraction of sp³-hybridized carbons (Fsp3) is 0.231. The molecule has 3 aromatic rings. The lowest BCUT2D eigenvalue weighted by atomic mass is 10.1. The van der Waals surface area contributed by atoms with Gasteiger partial charge in [-0.15, -0.1) is 0 Å². The lowest BCUT2D eigenvalue weighted by molar-refractivity contribution is -0.138. The summed E-state index contributed by atoms with van der Waals surface area (Å²) in [6, 6.07) is 18.5. The largest absolute Gasteiger partial charge is 0.480 e. The van der Waals surface area contributed by atoms with Crippen LogP contribution in [0.5, 0.6) is 5.75 Å². The Labute approximate surface area is 197 Å². The van der Waals surface area contributed by atoms with E-state index in [1.54, 1.807) is 53.4 Å². The minimum absolute atomic E-state index is 0.0857. The first kappa shape index (κ1) is 22.8. The van der Waals surface area contributed by atoms with Crippen molar-refractivity contribution in [3.05, 3.63) is 94.3 Å². The van der Waals surface area contributed by atoms with Crippen LogP contribution < -0.4 is 10.1 Å². The normalized spacial score (nSPS) is 15.4. The number of carbonyl (C=O) groups is 2. The number of carbonyl (C=O) groups excluding carboxylic acids is 2. The molecule has 5 nitrogen and oxygen atoms in total. The van der Waals surface area contributed by atoms with Crippen molar-refractivity contribution in [1.29, 1.82) is 0 Å². The van der Waals surface area contributed by atoms with Crippen molar-refractivity contribution in [2.24, 2.45) is 0 Å². The molecule has 2 amide bonds. The molecular weight excluding hydrogens is 443 g/mol. The standard InChI is InChI=1S/C26H24ClFN2O3/c1-2-23-26(32)30(14-13-17-7-9-19(28)10-8-17)16-18-15-20(11-12-24(18)33-23)29-25(31)21-5-3-4-6-22(21)27/h3-12,15,23H,2,13-14,16H2,1H3,(H,29,31)/t23-/m0/s1. The maximum Gasteiger partial charge on any atom is 0.263 e. The van der Waals surface area contributed by atoms with Gasteiger partial charge in [-0.1, -0.05) is 42.8 Å². The van der Waals surface area contributed by atoms with E-state index in [4.69, 9.17) is 16.3 Å². The highest BCUT2D eigenvalue weighted by Crippen LogP contribution is 2.30. The Hall–Kier alpha value is -3.38. The van der Waals surface area contributed by atoms with Crippen molar-refractivity contribution < 1.29 is 18.7 Å². The van der Waals surface area contributed by atoms with Crippen LogP contribution in [0.15, 0.2) is 66.7 Å². The molecule has 33 heavy (non-hydrogen) atoms. The number of fused-ring (bicyclic) bond motifs is 1. The molecule has 0 bridgehead atoms. The monoisotopic (exact) mass is 466 g/mol. The molecule has 1 atom stereocenters. The number of hydrogen-bond donors (Lipinski definition) is 1. The lowest BCUT2D eigenvalue weighted by Gasteiger charge is -2.23. The number of hydrogen-bond acceptors (Lipinski definition) is 3. The van der Waals surface area contributed by atoms with Gasteiger partial charge < -0.3 is 15.0 Å². The molecule has 0 fully saturated rings. The molecule has 7 heteroatoms. The average molecular weight is 467 g/mol. The first-order chi connectivity index (χ1) is 15.9. The number of benzene rings is 3. The molecule has 0 spiro atoms. The zero-order chi connectivity index (χ0) is 23.4. The van der Waals surface area contributed by atoms with Crippen molar-refractivity contribution in [1.82, 2.24) is 4.90 Å². The smallest absolute Gasteiger partial charge is 0.263 e. The average Bonchev–Trinajstić information content (AvgIpc) is 2.94. The highest BCUT2D eigenvalue weighted by atomic mass is 35.5. The molecule has 170 valence electrons. The predicted molar refractivity (Wildman–Crippen MR) is 126 cm³/mol. The van der Waals surface area contributed by atoms with E-state index in [2.05, 4.69) is 5.32 Å². The Balaban J connectivity index is 1.54. The summed E-state index contributed by atoms with van der Waals surface area (Å²) in [5.74, 6) is -0.0669. The minimum atomic E-state index is -0.581. The maximum atomic E-state index is 13.2. The predicted octanol–water partition coefficient (Wildman–Crippen LogP) is 5.47. The second-order valence-electron chi connectivity index (χ2n) is 7.91. The van der Waals surface area contributed by atoms with Crippen LogP contribution >= 0.6 is 11.6 Å². The molecule has 1 heterocycles. The van der Waals surface area contributed by atoms with Crippen LogP contribution in [0.2, 0.25) is 5.02 Å². The lowest BCUT2D eigenvalue weighted by Crippen LogP contribution is -2.40. The number of nitrogens with zero attached hydrogens (tertiary/aromatic N) is 1. The highest BCUT2D eigenvalue weighted by Gasteiger charge is 2.29. The minimum Gasteiger partial charge on any atom is -0.480 e. The summed E-state index contributed by atoms with van der Waals surface area (Å²) in [4.78, 5) is 27.5. The Morgan fingerprint density at radius 2 is 1.91 bits per heavy atom. The number of halogens is 2. The molecule has 0 saturated heterocycles. The van der Waals surface area contributed by atoms with E-state index in [9.17, 15) is 14.0 Å². The fourth-order valence-electron chi connectivity index (χ4n) is 3.79. The van der Waals surface area contributed by atoms with Gasteiger partial charge >= 0.3 is 0 Å². The zero-order valence-electron chi connectivity index (χ0n) is 18.2. The summed E-state index contributed by atoms with van der Waals surface area (Å²) in [5.41, 5.74) is 2.72. The molecule has 1 N–H and O–H groups in total. The van der Waals surface area contributed by atoms with Gasteiger partial charge in [0.15, 0.2) is 6.10 Å². The van der Waals surface area contributed by atoms with Crippen LogP contribution in [-0.4, -0.2) is 29.4 Å². The molecular formula is C26H24ClFN2O3. The van der Waals surface area contributed by atoms with E-state index >= 15 is 0 Å². The van der Waals surface area contributed by atoms with Crippen LogP contribution in [0.1, 0.15) is 34.8 Å². The quantitative estimate of drug-likeness (QED) is 0.523. The Kier molecular flexibility index (Phi) is 6.94. The van der Waals surface area contributed by atoms with Gasteiger partial charge in [0.1, 0.15) is 11.6 Å². The molecule has 1 aliphatic rings. The van der Waals surface area contributed by atoms with E-state index < -0.39 is 6.10 Å². The summed E-state index contributed by atoms with van der Waals surface area (Å²) >= 11 is 6.14. The van der Waals surface area contributed by atoms with Gasteiger partial charge in [0.2, 0.25) is 0 Å². The van der Waals surface area contributed by atoms with Crippen molar-refractivity contribution in [2.45, 2.75) is 32.4 Å². The molecule has 0 aromatic heterocycles. The van der Waals surface area contributed by atoms with Crippen molar-refractivity contribution in [2.75, 3.05) is 11.9 Å². The van der Waals surface area contributed by atoms with Crippen LogP contribution in [0, 0.1) is 5.82 Å². The second-order valence-corrected chi connectivity index (χ2v) is 8.31. The van der Waals surface area contributed by atoms with Crippen LogP contribution in [0.25, 0.3) is 0 Å². The highest BCUT2D eigenvalue weighted by molar-refractivity contribution is 6.34. The van der Waals surface area contributed by atoms with E-state index in [1.807, 2.05) is 13.0 Å². The summed E-state index contributed by atoms with van der Waals surface area (Å²) in [6.07, 6.45) is 0.555. The van der Waals surface area contributed by atoms with Gasteiger partial charge in [0.25, 0.3) is 11.8 Å². The van der Waals surface area contributed by atoms with Gasteiger partial charge in [-0.05, 0) is 60.9 Å². The molecule has 1 aliphatic heterocycles. The Morgan fingerprint density at radius 1 is 1.15 bits per heavy atom. The summed E-state index contributed by atoms with van der Waals surface area (Å²) in [5, 5.41) is 3.24. The summed E-state index contributed by atoms with van der Waals surface area (Å²) < 4.78 is 19.2. The number of nitrogens with one attached hydrogen (secondary N) is 1. The number of amides is 2. The first-order valence-corrected chi connectivity index (χ1v) is 11.2. The number of anilines is 1. The third-order valence-electron chi connectivity index (χ3n) is 5.61. The zero-order valence-corrected chi connectivity index (χ0v) is 18.9. The fourth-order valence-corrected chi connectivity index (χ4v) is 4.01. The van der Waals surface area contributed by atoms with Crippen molar-refractivity contribution in [3.8, 4) is 5.75 Å². The first-order valence-electron chi connectivity index (χ1n) is 10.8. The molecule has 0 saturated carbocycles. The van der Waals surface area contributed by atoms with E-state index in [0.717, 1.165) is 11.1 Å². The van der Waals surface area contributed by atoms with E-state index in [1.165, 1.54) is 12.1 Å². The van der Waals surface area contributed by atoms with Gasteiger partial charge in [-0.2, -0.15) is 0 Å². The van der Waals surface area contributed by atoms with Gasteiger partial charge in [-0.25, -0.2) is 4.39 Å². The van der Waals surface area contributed by atoms with Crippen molar-refractivity contribution >= 4 is 29.1 Å². The van der Waals surface area contributed by atoms with Gasteiger partial charge in [-0.3, -0.25) is 9.59 Å². The third kappa shape index (κ3) is 5.34. The topological polar surface area (TPSA) is 58.6 Å².